The standard InChI is InChI=1S/C17H12Cl2N4O/c18-12-7-4-8-13(16(12)19)23-15-10-20-14(9-21-15)17(24)22-11-5-2-1-3-6-11/h1-10H,(H,21,23)(H,22,24). The highest BCUT2D eigenvalue weighted by Crippen LogP contribution is 2.31. The third-order valence-electron chi connectivity index (χ3n) is 3.13. The first-order chi connectivity index (χ1) is 11.6. The largest absolute Gasteiger partial charge is 0.338 e. The van der Waals surface area contributed by atoms with E-state index in [1.165, 1.54) is 12.4 Å². The second kappa shape index (κ2) is 7.29. The van der Waals surface area contributed by atoms with Gasteiger partial charge in [0.05, 0.1) is 28.1 Å². The number of nitrogens with one attached hydrogen (secondary N) is 2. The van der Waals surface area contributed by atoms with E-state index in [1.807, 2.05) is 18.2 Å². The van der Waals surface area contributed by atoms with Crippen LogP contribution in [-0.2, 0) is 0 Å². The molecule has 0 aliphatic rings. The van der Waals surface area contributed by atoms with Crippen molar-refractivity contribution in [2.45, 2.75) is 0 Å². The van der Waals surface area contributed by atoms with Gasteiger partial charge in [-0.25, -0.2) is 9.97 Å². The molecule has 3 rings (SSSR count). The van der Waals surface area contributed by atoms with Crippen LogP contribution in [0.1, 0.15) is 10.5 Å². The van der Waals surface area contributed by atoms with Gasteiger partial charge >= 0.3 is 0 Å². The molecule has 2 N–H and O–H groups in total. The smallest absolute Gasteiger partial charge is 0.275 e. The fourth-order valence-corrected chi connectivity index (χ4v) is 2.31. The summed E-state index contributed by atoms with van der Waals surface area (Å²) in [5.41, 5.74) is 1.51. The van der Waals surface area contributed by atoms with Gasteiger partial charge in [-0.1, -0.05) is 47.5 Å². The molecule has 0 bridgehead atoms. The molecule has 120 valence electrons. The Kier molecular flexibility index (Phi) is 4.93. The number of aromatic nitrogens is 2. The highest BCUT2D eigenvalue weighted by molar-refractivity contribution is 6.43. The number of hydrogen-bond acceptors (Lipinski definition) is 4. The molecule has 0 saturated heterocycles. The molecule has 5 nitrogen and oxygen atoms in total. The summed E-state index contributed by atoms with van der Waals surface area (Å²) in [6, 6.07) is 14.4. The number of carbonyl (C=O) groups is 1. The van der Waals surface area contributed by atoms with Gasteiger partial charge in [-0.3, -0.25) is 4.79 Å². The second-order valence-electron chi connectivity index (χ2n) is 4.83. The van der Waals surface area contributed by atoms with Crippen LogP contribution in [0.5, 0.6) is 0 Å². The van der Waals surface area contributed by atoms with Gasteiger partial charge in [0.1, 0.15) is 11.5 Å². The third-order valence-corrected chi connectivity index (χ3v) is 3.95. The van der Waals surface area contributed by atoms with Crippen LogP contribution in [0, 0.1) is 0 Å². The van der Waals surface area contributed by atoms with Crippen LogP contribution < -0.4 is 10.6 Å². The van der Waals surface area contributed by atoms with Crippen molar-refractivity contribution in [2.24, 2.45) is 0 Å². The topological polar surface area (TPSA) is 66.9 Å². The van der Waals surface area contributed by atoms with E-state index in [9.17, 15) is 4.79 Å². The lowest BCUT2D eigenvalue weighted by atomic mass is 10.3. The Labute approximate surface area is 148 Å². The van der Waals surface area contributed by atoms with Gasteiger partial charge in [0.2, 0.25) is 0 Å². The van der Waals surface area contributed by atoms with Gasteiger partial charge < -0.3 is 10.6 Å². The van der Waals surface area contributed by atoms with E-state index >= 15 is 0 Å². The number of rotatable bonds is 4. The van der Waals surface area contributed by atoms with Crippen LogP contribution in [0.4, 0.5) is 17.2 Å². The van der Waals surface area contributed by atoms with Crippen LogP contribution in [0.3, 0.4) is 0 Å². The minimum atomic E-state index is -0.332. The van der Waals surface area contributed by atoms with E-state index in [2.05, 4.69) is 20.6 Å². The quantitative estimate of drug-likeness (QED) is 0.704. The van der Waals surface area contributed by atoms with Crippen LogP contribution in [0.25, 0.3) is 0 Å². The Morgan fingerprint density at radius 1 is 0.917 bits per heavy atom. The predicted molar refractivity (Wildman–Crippen MR) is 96.2 cm³/mol. The number of carbonyl (C=O) groups excluding carboxylic acids is 1. The summed E-state index contributed by atoms with van der Waals surface area (Å²) in [6.45, 7) is 0. The van der Waals surface area contributed by atoms with E-state index in [4.69, 9.17) is 23.2 Å². The monoisotopic (exact) mass is 358 g/mol. The van der Waals surface area contributed by atoms with E-state index in [1.54, 1.807) is 30.3 Å². The molecule has 7 heteroatoms. The summed E-state index contributed by atoms with van der Waals surface area (Å²) in [5.74, 6) is 0.122. The first-order valence-electron chi connectivity index (χ1n) is 7.03. The van der Waals surface area contributed by atoms with E-state index in [0.717, 1.165) is 0 Å². The van der Waals surface area contributed by atoms with Crippen molar-refractivity contribution in [3.63, 3.8) is 0 Å². The van der Waals surface area contributed by atoms with E-state index < -0.39 is 0 Å². The summed E-state index contributed by atoms with van der Waals surface area (Å²) >= 11 is 12.1. The molecule has 2 aromatic carbocycles. The van der Waals surface area contributed by atoms with Crippen molar-refractivity contribution in [1.29, 1.82) is 0 Å². The molecule has 0 radical (unpaired) electrons. The minimum Gasteiger partial charge on any atom is -0.338 e. The first kappa shape index (κ1) is 16.2. The molecule has 3 aromatic rings. The highest BCUT2D eigenvalue weighted by atomic mass is 35.5. The number of halogens is 2. The number of anilines is 3. The van der Waals surface area contributed by atoms with Gasteiger partial charge in [0, 0.05) is 5.69 Å². The summed E-state index contributed by atoms with van der Waals surface area (Å²) in [4.78, 5) is 20.4. The summed E-state index contributed by atoms with van der Waals surface area (Å²) in [6.07, 6.45) is 2.84. The number of para-hydroxylation sites is 1. The predicted octanol–water partition coefficient (Wildman–Crippen LogP) is 4.78. The number of benzene rings is 2. The molecule has 0 atom stereocenters. The summed E-state index contributed by atoms with van der Waals surface area (Å²) in [7, 11) is 0. The van der Waals surface area contributed by atoms with Gasteiger partial charge in [0.25, 0.3) is 5.91 Å². The third kappa shape index (κ3) is 3.82. The average molecular weight is 359 g/mol. The van der Waals surface area contributed by atoms with Crippen molar-refractivity contribution in [3.8, 4) is 0 Å². The molecular formula is C17H12Cl2N4O. The second-order valence-corrected chi connectivity index (χ2v) is 5.62. The Hall–Kier alpha value is -2.63. The van der Waals surface area contributed by atoms with Crippen molar-refractivity contribution >= 4 is 46.3 Å². The zero-order chi connectivity index (χ0) is 16.9. The number of amides is 1. The van der Waals surface area contributed by atoms with E-state index in [0.29, 0.717) is 27.2 Å². The molecule has 0 saturated carbocycles. The van der Waals surface area contributed by atoms with Gasteiger partial charge in [-0.15, -0.1) is 0 Å². The maximum absolute atomic E-state index is 12.1. The lowest BCUT2D eigenvalue weighted by Crippen LogP contribution is -2.14. The fraction of sp³-hybridized carbons (Fsp3) is 0. The van der Waals surface area contributed by atoms with Crippen molar-refractivity contribution in [1.82, 2.24) is 9.97 Å². The maximum atomic E-state index is 12.1. The van der Waals surface area contributed by atoms with Crippen LogP contribution in [0.15, 0.2) is 60.9 Å². The van der Waals surface area contributed by atoms with Crippen LogP contribution in [-0.4, -0.2) is 15.9 Å². The average Bonchev–Trinajstić information content (AvgIpc) is 2.60. The van der Waals surface area contributed by atoms with E-state index in [-0.39, 0.29) is 11.6 Å². The number of hydrogen-bond donors (Lipinski definition) is 2. The molecule has 1 aromatic heterocycles. The Morgan fingerprint density at radius 3 is 2.42 bits per heavy atom. The Bertz CT molecular complexity index is 854. The van der Waals surface area contributed by atoms with Crippen LogP contribution in [0.2, 0.25) is 10.0 Å². The molecule has 1 heterocycles. The molecular weight excluding hydrogens is 347 g/mol. The molecule has 0 unspecified atom stereocenters. The van der Waals surface area contributed by atoms with Crippen LogP contribution >= 0.6 is 23.2 Å². The SMILES string of the molecule is O=C(Nc1ccccc1)c1cnc(Nc2cccc(Cl)c2Cl)cn1. The zero-order valence-electron chi connectivity index (χ0n) is 12.3. The van der Waals surface area contributed by atoms with Crippen molar-refractivity contribution in [3.05, 3.63) is 76.7 Å². The molecule has 0 aliphatic carbocycles. The van der Waals surface area contributed by atoms with Gasteiger partial charge in [-0.05, 0) is 24.3 Å². The Morgan fingerprint density at radius 2 is 1.71 bits per heavy atom. The molecule has 0 spiro atoms. The normalized spacial score (nSPS) is 10.2. The Balaban J connectivity index is 1.71. The molecule has 0 aliphatic heterocycles. The lowest BCUT2D eigenvalue weighted by Gasteiger charge is -2.09. The molecule has 24 heavy (non-hydrogen) atoms. The van der Waals surface area contributed by atoms with Crippen molar-refractivity contribution in [2.75, 3.05) is 10.6 Å². The van der Waals surface area contributed by atoms with Gasteiger partial charge in [0.15, 0.2) is 0 Å². The minimum absolute atomic E-state index is 0.210. The lowest BCUT2D eigenvalue weighted by molar-refractivity contribution is 0.102. The van der Waals surface area contributed by atoms with Crippen molar-refractivity contribution < 1.29 is 4.79 Å². The number of nitrogens with zero attached hydrogens (tertiary/aromatic N) is 2. The maximum Gasteiger partial charge on any atom is 0.275 e. The summed E-state index contributed by atoms with van der Waals surface area (Å²) in [5, 5.41) is 6.58. The molecule has 1 amide bonds. The highest BCUT2D eigenvalue weighted by Gasteiger charge is 2.09. The first-order valence-corrected chi connectivity index (χ1v) is 7.78. The zero-order valence-corrected chi connectivity index (χ0v) is 13.8. The fourth-order valence-electron chi connectivity index (χ4n) is 1.96. The molecule has 0 fully saturated rings. The summed E-state index contributed by atoms with van der Waals surface area (Å²) < 4.78 is 0. The van der Waals surface area contributed by atoms with Gasteiger partial charge in [-0.2, -0.15) is 0 Å².